The third-order valence-corrected chi connectivity index (χ3v) is 2.69. The van der Waals surface area contributed by atoms with Gasteiger partial charge in [0.05, 0.1) is 18.2 Å². The molecule has 92 valence electrons. The molecule has 1 aromatic rings. The smallest absolute Gasteiger partial charge is 0.357 e. The third kappa shape index (κ3) is 3.01. The number of aliphatic hydroxyl groups excluding tert-OH is 1. The zero-order chi connectivity index (χ0) is 12.3. The molecule has 0 aliphatic carbocycles. The summed E-state index contributed by atoms with van der Waals surface area (Å²) in [4.78, 5) is 16.7. The van der Waals surface area contributed by atoms with Gasteiger partial charge in [-0.05, 0) is 18.6 Å². The molecule has 0 amide bonds. The first-order valence-electron chi connectivity index (χ1n) is 5.51. The van der Waals surface area contributed by atoms with Crippen LogP contribution in [0, 0.1) is 0 Å². The number of rotatable bonds is 2. The van der Waals surface area contributed by atoms with E-state index in [4.69, 9.17) is 4.84 Å². The van der Waals surface area contributed by atoms with Crippen LogP contribution in [0.15, 0.2) is 30.3 Å². The highest BCUT2D eigenvalue weighted by molar-refractivity contribution is 5.89. The van der Waals surface area contributed by atoms with Crippen LogP contribution in [0.1, 0.15) is 16.8 Å². The molecule has 0 bridgehead atoms. The fourth-order valence-corrected chi connectivity index (χ4v) is 1.69. The van der Waals surface area contributed by atoms with Crippen LogP contribution in [0.2, 0.25) is 0 Å². The summed E-state index contributed by atoms with van der Waals surface area (Å²) < 4.78 is 13.2. The van der Waals surface area contributed by atoms with Gasteiger partial charge < -0.3 is 9.94 Å². The number of benzene rings is 1. The maximum Gasteiger partial charge on any atom is 0.357 e. The van der Waals surface area contributed by atoms with Crippen molar-refractivity contribution >= 4 is 5.97 Å². The van der Waals surface area contributed by atoms with E-state index >= 15 is 0 Å². The predicted molar refractivity (Wildman–Crippen MR) is 59.0 cm³/mol. The highest BCUT2D eigenvalue weighted by atomic mass is 19.1. The van der Waals surface area contributed by atoms with E-state index in [-0.39, 0.29) is 13.0 Å². The van der Waals surface area contributed by atoms with Crippen LogP contribution in [0.4, 0.5) is 4.39 Å². The van der Waals surface area contributed by atoms with E-state index < -0.39 is 18.2 Å². The number of piperidine rings is 1. The van der Waals surface area contributed by atoms with E-state index in [9.17, 15) is 14.3 Å². The van der Waals surface area contributed by atoms with Gasteiger partial charge in [-0.3, -0.25) is 0 Å². The Morgan fingerprint density at radius 1 is 1.41 bits per heavy atom. The first kappa shape index (κ1) is 12.0. The van der Waals surface area contributed by atoms with Gasteiger partial charge in [-0.2, -0.15) is 0 Å². The van der Waals surface area contributed by atoms with Crippen LogP contribution < -0.4 is 0 Å². The minimum atomic E-state index is -1.37. The van der Waals surface area contributed by atoms with Gasteiger partial charge in [0.25, 0.3) is 0 Å². The number of alkyl halides is 1. The summed E-state index contributed by atoms with van der Waals surface area (Å²) in [6.07, 6.45) is -2.06. The van der Waals surface area contributed by atoms with Crippen molar-refractivity contribution in [1.82, 2.24) is 5.06 Å². The van der Waals surface area contributed by atoms with Crippen molar-refractivity contribution in [3.63, 3.8) is 0 Å². The van der Waals surface area contributed by atoms with Crippen molar-refractivity contribution in [3.8, 4) is 0 Å². The second-order valence-corrected chi connectivity index (χ2v) is 4.00. The molecular weight excluding hydrogens is 225 g/mol. The first-order chi connectivity index (χ1) is 8.16. The maximum atomic E-state index is 13.2. The standard InChI is InChI=1S/C12H14FNO3/c13-10-8-14(7-6-11(10)15)17-12(16)9-4-2-1-3-5-9/h1-5,10-11,15H,6-8H2/t10-,11+/m0/s1. The molecule has 17 heavy (non-hydrogen) atoms. The van der Waals surface area contributed by atoms with Gasteiger partial charge >= 0.3 is 5.97 Å². The Bertz CT molecular complexity index is 385. The second kappa shape index (κ2) is 5.25. The number of carbonyl (C=O) groups is 1. The van der Waals surface area contributed by atoms with Gasteiger partial charge in [0, 0.05) is 6.54 Å². The first-order valence-corrected chi connectivity index (χ1v) is 5.51. The normalized spacial score (nSPS) is 25.5. The minimum Gasteiger partial charge on any atom is -0.390 e. The van der Waals surface area contributed by atoms with Crippen molar-refractivity contribution in [2.24, 2.45) is 0 Å². The number of hydrogen-bond donors (Lipinski definition) is 1. The molecule has 1 aliphatic rings. The zero-order valence-corrected chi connectivity index (χ0v) is 9.25. The molecule has 0 spiro atoms. The summed E-state index contributed by atoms with van der Waals surface area (Å²) in [6.45, 7) is 0.264. The quantitative estimate of drug-likeness (QED) is 0.841. The molecule has 0 saturated carbocycles. The fourth-order valence-electron chi connectivity index (χ4n) is 1.69. The molecule has 1 heterocycles. The molecule has 2 rings (SSSR count). The van der Waals surface area contributed by atoms with Crippen LogP contribution in [0.3, 0.4) is 0 Å². The SMILES string of the molecule is O=C(ON1CC[C@@H](O)[C@@H](F)C1)c1ccccc1. The lowest BCUT2D eigenvalue weighted by molar-refractivity contribution is -0.153. The number of aliphatic hydroxyl groups is 1. The predicted octanol–water partition coefficient (Wildman–Crippen LogP) is 1.16. The lowest BCUT2D eigenvalue weighted by atomic mass is 10.1. The number of carbonyl (C=O) groups excluding carboxylic acids is 1. The third-order valence-electron chi connectivity index (χ3n) is 2.69. The van der Waals surface area contributed by atoms with Gasteiger partial charge in [-0.15, -0.1) is 5.06 Å². The molecule has 1 aliphatic heterocycles. The van der Waals surface area contributed by atoms with E-state index in [0.29, 0.717) is 12.1 Å². The van der Waals surface area contributed by atoms with Crippen molar-refractivity contribution in [3.05, 3.63) is 35.9 Å². The molecule has 0 unspecified atom stereocenters. The van der Waals surface area contributed by atoms with E-state index in [2.05, 4.69) is 0 Å². The summed E-state index contributed by atoms with van der Waals surface area (Å²) >= 11 is 0. The Kier molecular flexibility index (Phi) is 3.71. The van der Waals surface area contributed by atoms with E-state index in [1.54, 1.807) is 30.3 Å². The summed E-state index contributed by atoms with van der Waals surface area (Å²) in [6, 6.07) is 8.52. The Morgan fingerprint density at radius 2 is 2.12 bits per heavy atom. The van der Waals surface area contributed by atoms with Gasteiger partial charge in [0.2, 0.25) is 0 Å². The number of halogens is 1. The molecule has 4 nitrogen and oxygen atoms in total. The highest BCUT2D eigenvalue weighted by Crippen LogP contribution is 2.15. The van der Waals surface area contributed by atoms with Crippen LogP contribution in [0.5, 0.6) is 0 Å². The van der Waals surface area contributed by atoms with E-state index in [1.165, 1.54) is 5.06 Å². The molecule has 0 aromatic heterocycles. The molecule has 1 saturated heterocycles. The molecule has 1 aromatic carbocycles. The average molecular weight is 239 g/mol. The molecular formula is C12H14FNO3. The van der Waals surface area contributed by atoms with Crippen LogP contribution in [-0.4, -0.2) is 41.5 Å². The number of hydrogen-bond acceptors (Lipinski definition) is 4. The number of hydroxylamine groups is 2. The summed E-state index contributed by atoms with van der Waals surface area (Å²) in [5, 5.41) is 10.5. The molecule has 1 N–H and O–H groups in total. The fraction of sp³-hybridized carbons (Fsp3) is 0.417. The number of nitrogens with zero attached hydrogens (tertiary/aromatic N) is 1. The van der Waals surface area contributed by atoms with Crippen molar-refractivity contribution < 1.29 is 19.1 Å². The second-order valence-electron chi connectivity index (χ2n) is 4.00. The summed E-state index contributed by atoms with van der Waals surface area (Å²) in [5.41, 5.74) is 0.425. The monoisotopic (exact) mass is 239 g/mol. The van der Waals surface area contributed by atoms with Gasteiger partial charge in [0.15, 0.2) is 0 Å². The van der Waals surface area contributed by atoms with Gasteiger partial charge in [-0.25, -0.2) is 9.18 Å². The lowest BCUT2D eigenvalue weighted by Crippen LogP contribution is -2.45. The van der Waals surface area contributed by atoms with Crippen molar-refractivity contribution in [1.29, 1.82) is 0 Å². The van der Waals surface area contributed by atoms with Crippen molar-refractivity contribution in [2.45, 2.75) is 18.7 Å². The summed E-state index contributed by atoms with van der Waals surface area (Å²) in [5.74, 6) is -0.505. The average Bonchev–Trinajstić information content (AvgIpc) is 2.35. The van der Waals surface area contributed by atoms with Crippen LogP contribution in [-0.2, 0) is 4.84 Å². The molecule has 5 heteroatoms. The topological polar surface area (TPSA) is 49.8 Å². The highest BCUT2D eigenvalue weighted by Gasteiger charge is 2.29. The van der Waals surface area contributed by atoms with Gasteiger partial charge in [-0.1, -0.05) is 18.2 Å². The Labute approximate surface area is 98.6 Å². The Morgan fingerprint density at radius 3 is 2.76 bits per heavy atom. The van der Waals surface area contributed by atoms with E-state index in [1.807, 2.05) is 0 Å². The van der Waals surface area contributed by atoms with Crippen LogP contribution >= 0.6 is 0 Å². The molecule has 2 atom stereocenters. The zero-order valence-electron chi connectivity index (χ0n) is 9.25. The van der Waals surface area contributed by atoms with Crippen LogP contribution in [0.25, 0.3) is 0 Å². The maximum absolute atomic E-state index is 13.2. The lowest BCUT2D eigenvalue weighted by Gasteiger charge is -2.30. The Hall–Kier alpha value is -1.46. The molecule has 1 fully saturated rings. The van der Waals surface area contributed by atoms with E-state index in [0.717, 1.165) is 0 Å². The molecule has 0 radical (unpaired) electrons. The summed E-state index contributed by atoms with van der Waals surface area (Å²) in [7, 11) is 0. The largest absolute Gasteiger partial charge is 0.390 e. The van der Waals surface area contributed by atoms with Gasteiger partial charge in [0.1, 0.15) is 6.17 Å². The minimum absolute atomic E-state index is 0.0836. The van der Waals surface area contributed by atoms with Crippen molar-refractivity contribution in [2.75, 3.05) is 13.1 Å². The Balaban J connectivity index is 1.92.